The smallest absolute Gasteiger partial charge is 0.137 e. The van der Waals surface area contributed by atoms with Gasteiger partial charge in [0.25, 0.3) is 0 Å². The minimum Gasteiger partial charge on any atom is -0.456 e. The van der Waals surface area contributed by atoms with Gasteiger partial charge in [0.2, 0.25) is 0 Å². The van der Waals surface area contributed by atoms with Gasteiger partial charge in [0.1, 0.15) is 22.3 Å². The van der Waals surface area contributed by atoms with Gasteiger partial charge in [-0.15, -0.1) is 0 Å². The number of halogens is 2. The molecule has 0 aliphatic carbocycles. The molecular weight excluding hydrogens is 720 g/mol. The lowest BCUT2D eigenvalue weighted by Crippen LogP contribution is -1.98. The van der Waals surface area contributed by atoms with E-state index in [2.05, 4.69) is 82.1 Å². The minimum atomic E-state index is 0.926. The van der Waals surface area contributed by atoms with Crippen LogP contribution >= 0.6 is 31.9 Å². The predicted molar refractivity (Wildman–Crippen MR) is 215 cm³/mol. The Morgan fingerprint density at radius 3 is 1.08 bits per heavy atom. The Balaban J connectivity index is 1.16. The van der Waals surface area contributed by atoms with Crippen LogP contribution in [0, 0.1) is 0 Å². The van der Waals surface area contributed by atoms with Gasteiger partial charge in [0.15, 0.2) is 0 Å². The maximum Gasteiger partial charge on any atom is 0.137 e. The maximum absolute atomic E-state index is 6.78. The van der Waals surface area contributed by atoms with Crippen molar-refractivity contribution in [2.24, 2.45) is 0 Å². The van der Waals surface area contributed by atoms with Crippen LogP contribution in [0.1, 0.15) is 153 Å². The number of unbranched alkanes of at least 4 members (excludes halogenated alkanes) is 18. The highest BCUT2D eigenvalue weighted by Gasteiger charge is 2.27. The summed E-state index contributed by atoms with van der Waals surface area (Å²) in [5.41, 5.74) is 8.84. The molecule has 4 aromatic rings. The summed E-state index contributed by atoms with van der Waals surface area (Å²) >= 11 is 7.87. The lowest BCUT2D eigenvalue weighted by atomic mass is 9.88. The van der Waals surface area contributed by atoms with E-state index in [-0.39, 0.29) is 0 Å². The molecule has 0 N–H and O–H groups in total. The second-order valence-corrected chi connectivity index (χ2v) is 16.3. The molecule has 0 spiro atoms. The molecular formula is C44H56Br2O2. The zero-order valence-corrected chi connectivity index (χ0v) is 32.8. The van der Waals surface area contributed by atoms with Gasteiger partial charge < -0.3 is 8.83 Å². The number of aryl methyl sites for hydroxylation is 2. The third-order valence-corrected chi connectivity index (χ3v) is 12.0. The Morgan fingerprint density at radius 1 is 0.396 bits per heavy atom. The molecule has 0 fully saturated rings. The normalized spacial score (nSPS) is 12.3. The molecule has 0 unspecified atom stereocenters. The van der Waals surface area contributed by atoms with Gasteiger partial charge in [-0.2, -0.15) is 0 Å². The molecule has 4 aromatic carbocycles. The van der Waals surface area contributed by atoms with Gasteiger partial charge in [-0.05, 0) is 73.2 Å². The van der Waals surface area contributed by atoms with E-state index in [1.165, 1.54) is 172 Å². The fourth-order valence-corrected chi connectivity index (χ4v) is 9.03. The maximum atomic E-state index is 6.78. The van der Waals surface area contributed by atoms with Gasteiger partial charge in [-0.1, -0.05) is 161 Å². The average molecular weight is 777 g/mol. The Bertz CT molecular complexity index is 1710. The topological polar surface area (TPSA) is 26.3 Å². The number of hydrogen-bond donors (Lipinski definition) is 0. The molecule has 4 heteroatoms. The van der Waals surface area contributed by atoms with Crippen molar-refractivity contribution in [3.63, 3.8) is 0 Å². The van der Waals surface area contributed by atoms with Gasteiger partial charge in [0, 0.05) is 41.6 Å². The van der Waals surface area contributed by atoms with Crippen molar-refractivity contribution >= 4 is 75.7 Å². The largest absolute Gasteiger partial charge is 0.456 e. The summed E-state index contributed by atoms with van der Waals surface area (Å²) in [6, 6.07) is 13.7. The van der Waals surface area contributed by atoms with Crippen LogP contribution < -0.4 is 0 Å². The quantitative estimate of drug-likeness (QED) is 0.0390. The first-order chi connectivity index (χ1) is 23.6. The number of hydrogen-bond acceptors (Lipinski definition) is 2. The first-order valence-electron chi connectivity index (χ1n) is 19.5. The highest BCUT2D eigenvalue weighted by atomic mass is 79.9. The van der Waals surface area contributed by atoms with Crippen molar-refractivity contribution < 1.29 is 8.83 Å². The molecule has 0 aromatic heterocycles. The Kier molecular flexibility index (Phi) is 13.2. The summed E-state index contributed by atoms with van der Waals surface area (Å²) in [6.45, 7) is 4.58. The van der Waals surface area contributed by atoms with Gasteiger partial charge >= 0.3 is 0 Å². The molecule has 6 rings (SSSR count). The summed E-state index contributed by atoms with van der Waals surface area (Å²) in [4.78, 5) is 0. The van der Waals surface area contributed by atoms with E-state index >= 15 is 0 Å². The summed E-state index contributed by atoms with van der Waals surface area (Å²) in [6.07, 6.45) is 29.3. The molecule has 2 heterocycles. The van der Waals surface area contributed by atoms with E-state index in [9.17, 15) is 0 Å². The molecule has 48 heavy (non-hydrogen) atoms. The number of rotatable bonds is 22. The molecule has 0 saturated heterocycles. The Hall–Kier alpha value is -2.04. The standard InChI is InChI=1S/C44H56Br2O2/c1-3-5-7-9-11-13-15-17-19-21-23-31-25-33-35(45)29-40-43-41(33)37(27-31)47-39-30-36(46)34-26-32(28-38(48-40)42(34)44(39)43)24-22-20-18-16-14-12-10-8-6-4-2/h25-30H,3-24H2,1-2H3. The van der Waals surface area contributed by atoms with Crippen molar-refractivity contribution in [2.45, 2.75) is 155 Å². The highest BCUT2D eigenvalue weighted by molar-refractivity contribution is 9.11. The van der Waals surface area contributed by atoms with E-state index in [1.807, 2.05) is 0 Å². The van der Waals surface area contributed by atoms with Crippen LogP contribution in [0.3, 0.4) is 0 Å². The average Bonchev–Trinajstić information content (AvgIpc) is 3.08. The van der Waals surface area contributed by atoms with Crippen molar-refractivity contribution in [3.05, 3.63) is 56.5 Å². The van der Waals surface area contributed by atoms with Crippen LogP contribution in [-0.2, 0) is 12.8 Å². The molecule has 0 bridgehead atoms. The van der Waals surface area contributed by atoms with Crippen molar-refractivity contribution in [1.82, 2.24) is 0 Å². The van der Waals surface area contributed by atoms with E-state index in [0.717, 1.165) is 44.1 Å². The third-order valence-electron chi connectivity index (χ3n) is 10.7. The van der Waals surface area contributed by atoms with Gasteiger partial charge in [0.05, 0.1) is 0 Å². The van der Waals surface area contributed by atoms with E-state index < -0.39 is 0 Å². The summed E-state index contributed by atoms with van der Waals surface area (Å²) < 4.78 is 15.7. The molecule has 0 atom stereocenters. The van der Waals surface area contributed by atoms with Crippen molar-refractivity contribution in [1.29, 1.82) is 0 Å². The fraction of sp³-hybridized carbons (Fsp3) is 0.545. The molecule has 2 aliphatic rings. The molecule has 0 radical (unpaired) electrons. The first kappa shape index (κ1) is 35.8. The van der Waals surface area contributed by atoms with E-state index in [4.69, 9.17) is 8.83 Å². The summed E-state index contributed by atoms with van der Waals surface area (Å²) in [5, 5.41) is 4.78. The van der Waals surface area contributed by atoms with E-state index in [1.54, 1.807) is 0 Å². The Morgan fingerprint density at radius 2 is 0.729 bits per heavy atom. The second kappa shape index (κ2) is 17.8. The molecule has 2 nitrogen and oxygen atoms in total. The van der Waals surface area contributed by atoms with Gasteiger partial charge in [-0.25, -0.2) is 0 Å². The minimum absolute atomic E-state index is 0.926. The van der Waals surface area contributed by atoms with Crippen LogP contribution in [0.5, 0.6) is 0 Å². The SMILES string of the molecule is CCCCCCCCCCCCc1cc2oc3cc(Br)c4cc(CCCCCCCCCCCC)cc5oc6cc(Br)c(c1)c2c6-c3c54. The van der Waals surface area contributed by atoms with Crippen LogP contribution in [0.2, 0.25) is 0 Å². The lowest BCUT2D eigenvalue weighted by Gasteiger charge is -2.22. The van der Waals surface area contributed by atoms with Crippen LogP contribution in [-0.4, -0.2) is 0 Å². The molecule has 2 aliphatic heterocycles. The molecule has 0 amide bonds. The zero-order valence-electron chi connectivity index (χ0n) is 29.6. The van der Waals surface area contributed by atoms with E-state index in [0.29, 0.717) is 0 Å². The summed E-state index contributed by atoms with van der Waals surface area (Å²) in [7, 11) is 0. The van der Waals surface area contributed by atoms with Crippen molar-refractivity contribution in [2.75, 3.05) is 0 Å². The van der Waals surface area contributed by atoms with Crippen molar-refractivity contribution in [3.8, 4) is 11.1 Å². The molecule has 258 valence electrons. The predicted octanol–water partition coefficient (Wildman–Crippen LogP) is 16.5. The monoisotopic (exact) mass is 774 g/mol. The highest BCUT2D eigenvalue weighted by Crippen LogP contribution is 2.51. The second-order valence-electron chi connectivity index (χ2n) is 14.6. The summed E-state index contributed by atoms with van der Waals surface area (Å²) in [5.74, 6) is 0. The van der Waals surface area contributed by atoms with Gasteiger partial charge in [-0.3, -0.25) is 0 Å². The fourth-order valence-electron chi connectivity index (χ4n) is 7.99. The lowest BCUT2D eigenvalue weighted by molar-refractivity contribution is 0.556. The number of benzene rings is 4. The third kappa shape index (κ3) is 8.45. The van der Waals surface area contributed by atoms with Crippen LogP contribution in [0.4, 0.5) is 0 Å². The zero-order chi connectivity index (χ0) is 33.3. The Labute approximate surface area is 305 Å². The van der Waals surface area contributed by atoms with Crippen LogP contribution in [0.15, 0.2) is 54.2 Å². The molecule has 0 saturated carbocycles. The van der Waals surface area contributed by atoms with Crippen LogP contribution in [0.25, 0.3) is 55.0 Å². The first-order valence-corrected chi connectivity index (χ1v) is 21.1.